The maximum Gasteiger partial charge on any atom is 0.248 e. The summed E-state index contributed by atoms with van der Waals surface area (Å²) < 4.78 is 27.4. The molecule has 1 amide bonds. The summed E-state index contributed by atoms with van der Waals surface area (Å²) in [7, 11) is 0. The summed E-state index contributed by atoms with van der Waals surface area (Å²) in [5.41, 5.74) is 9.91. The summed E-state index contributed by atoms with van der Waals surface area (Å²) in [4.78, 5) is 16.3. The number of benzene rings is 3. The Hall–Kier alpha value is -3.62. The first-order valence-corrected chi connectivity index (χ1v) is 12.1. The van der Waals surface area contributed by atoms with Gasteiger partial charge in [-0.15, -0.1) is 0 Å². The van der Waals surface area contributed by atoms with E-state index in [0.717, 1.165) is 60.6 Å². The number of fused-ring (bicyclic) bond motifs is 1. The fourth-order valence-electron chi connectivity index (χ4n) is 4.45. The minimum atomic E-state index is -0.553. The van der Waals surface area contributed by atoms with Gasteiger partial charge in [-0.25, -0.2) is 9.37 Å². The number of carbonyl (C=O) groups is 1. The summed E-state index contributed by atoms with van der Waals surface area (Å²) in [6.07, 6.45) is 3.72. The van der Waals surface area contributed by atoms with E-state index < -0.39 is 11.7 Å². The van der Waals surface area contributed by atoms with Gasteiger partial charge in [-0.3, -0.25) is 9.36 Å². The Morgan fingerprint density at radius 2 is 2.00 bits per heavy atom. The minimum Gasteiger partial charge on any atom is -0.457 e. The zero-order valence-corrected chi connectivity index (χ0v) is 20.5. The monoisotopic (exact) mass is 508 g/mol. The second kappa shape index (κ2) is 10.2. The van der Waals surface area contributed by atoms with Gasteiger partial charge in [0.15, 0.2) is 0 Å². The van der Waals surface area contributed by atoms with E-state index in [1.54, 1.807) is 18.5 Å². The zero-order valence-electron chi connectivity index (χ0n) is 19.8. The summed E-state index contributed by atoms with van der Waals surface area (Å²) in [6.45, 7) is 4.15. The van der Waals surface area contributed by atoms with Crippen molar-refractivity contribution in [3.63, 3.8) is 0 Å². The van der Waals surface area contributed by atoms with E-state index >= 15 is 0 Å². The van der Waals surface area contributed by atoms with Gasteiger partial charge in [0.05, 0.1) is 16.2 Å². The number of primary amides is 1. The normalized spacial score (nSPS) is 14.2. The number of hydrogen-bond acceptors (Lipinski definition) is 5. The molecule has 9 heteroatoms. The van der Waals surface area contributed by atoms with Crippen LogP contribution in [0.15, 0.2) is 54.9 Å². The van der Waals surface area contributed by atoms with Crippen LogP contribution in [0, 0.1) is 18.7 Å². The highest BCUT2D eigenvalue weighted by molar-refractivity contribution is 6.30. The van der Waals surface area contributed by atoms with E-state index in [0.29, 0.717) is 23.0 Å². The molecule has 1 aliphatic heterocycles. The summed E-state index contributed by atoms with van der Waals surface area (Å²) >= 11 is 5.83. The van der Waals surface area contributed by atoms with Crippen LogP contribution in [0.4, 0.5) is 10.1 Å². The van der Waals surface area contributed by atoms with E-state index in [4.69, 9.17) is 26.8 Å². The molecule has 0 aliphatic carbocycles. The molecule has 1 fully saturated rings. The van der Waals surface area contributed by atoms with Crippen molar-refractivity contribution in [2.75, 3.05) is 25.1 Å². The van der Waals surface area contributed by atoms with Crippen LogP contribution in [-0.2, 0) is 4.74 Å². The van der Waals surface area contributed by atoms with Crippen LogP contribution >= 0.6 is 11.6 Å². The van der Waals surface area contributed by atoms with Gasteiger partial charge < -0.3 is 20.5 Å². The van der Waals surface area contributed by atoms with Gasteiger partial charge in [0.1, 0.15) is 29.2 Å². The van der Waals surface area contributed by atoms with Gasteiger partial charge in [-0.1, -0.05) is 11.6 Å². The molecule has 0 bridgehead atoms. The molecule has 0 spiro atoms. The fraction of sp³-hybridized carbons (Fsp3) is 0.259. The Bertz CT molecular complexity index is 1430. The van der Waals surface area contributed by atoms with Gasteiger partial charge in [-0.2, -0.15) is 0 Å². The topological polar surface area (TPSA) is 91.4 Å². The SMILES string of the molecule is Cc1cc(-n2cnc3c(NCC4CCOCC4)cc(Oc4ccc(Cl)c(F)c4)cc32)ccc1C(N)=O. The van der Waals surface area contributed by atoms with Crippen molar-refractivity contribution in [2.45, 2.75) is 19.8 Å². The first-order chi connectivity index (χ1) is 17.4. The number of imidazole rings is 1. The fourth-order valence-corrected chi connectivity index (χ4v) is 4.56. The smallest absolute Gasteiger partial charge is 0.248 e. The minimum absolute atomic E-state index is 0.0319. The third-order valence-corrected chi connectivity index (χ3v) is 6.73. The number of nitrogens with two attached hydrogens (primary N) is 1. The van der Waals surface area contributed by atoms with Crippen LogP contribution in [0.3, 0.4) is 0 Å². The van der Waals surface area contributed by atoms with Crippen LogP contribution in [0.2, 0.25) is 5.02 Å². The Labute approximate surface area is 213 Å². The van der Waals surface area contributed by atoms with E-state index in [2.05, 4.69) is 10.3 Å². The highest BCUT2D eigenvalue weighted by Gasteiger charge is 2.17. The molecule has 186 valence electrons. The largest absolute Gasteiger partial charge is 0.457 e. The number of amides is 1. The molecule has 1 saturated heterocycles. The molecule has 0 unspecified atom stereocenters. The third kappa shape index (κ3) is 5.01. The number of nitrogens with one attached hydrogen (secondary N) is 1. The van der Waals surface area contributed by atoms with E-state index in [-0.39, 0.29) is 5.02 Å². The lowest BCUT2D eigenvalue weighted by Gasteiger charge is -2.23. The van der Waals surface area contributed by atoms with E-state index in [1.165, 1.54) is 12.1 Å². The van der Waals surface area contributed by atoms with Gasteiger partial charge >= 0.3 is 0 Å². The van der Waals surface area contributed by atoms with Gasteiger partial charge in [0.2, 0.25) is 5.91 Å². The second-order valence-electron chi connectivity index (χ2n) is 8.93. The zero-order chi connectivity index (χ0) is 25.2. The Morgan fingerprint density at radius 1 is 1.19 bits per heavy atom. The van der Waals surface area contributed by atoms with Crippen LogP contribution in [-0.4, -0.2) is 35.2 Å². The van der Waals surface area contributed by atoms with Gasteiger partial charge in [-0.05, 0) is 61.6 Å². The Morgan fingerprint density at radius 3 is 2.72 bits per heavy atom. The number of carbonyl (C=O) groups excluding carboxylic acids is 1. The Balaban J connectivity index is 1.55. The molecule has 3 N–H and O–H groups in total. The quantitative estimate of drug-likeness (QED) is 0.326. The number of nitrogens with zero attached hydrogens (tertiary/aromatic N) is 2. The number of hydrogen-bond donors (Lipinski definition) is 2. The molecule has 3 aromatic carbocycles. The predicted octanol–water partition coefficient (Wildman–Crippen LogP) is 5.86. The van der Waals surface area contributed by atoms with Gasteiger partial charge in [0, 0.05) is 49.2 Å². The lowest BCUT2D eigenvalue weighted by atomic mass is 10.0. The first kappa shape index (κ1) is 24.1. The summed E-state index contributed by atoms with van der Waals surface area (Å²) in [5.74, 6) is 0.322. The average molecular weight is 509 g/mol. The first-order valence-electron chi connectivity index (χ1n) is 11.8. The van der Waals surface area contributed by atoms with Crippen molar-refractivity contribution in [2.24, 2.45) is 11.7 Å². The standard InChI is InChI=1S/C27H26ClFN4O3/c1-16-10-18(2-4-21(16)27(30)34)33-15-32-26-24(31-14-17-6-8-35-9-7-17)12-20(13-25(26)33)36-19-3-5-22(28)23(29)11-19/h2-5,10-13,15,17,31H,6-9,14H2,1H3,(H2,30,34). The van der Waals surface area contributed by atoms with Gasteiger partial charge in [0.25, 0.3) is 0 Å². The Kier molecular flexibility index (Phi) is 6.80. The molecular weight excluding hydrogens is 483 g/mol. The number of anilines is 1. The molecule has 0 atom stereocenters. The second-order valence-corrected chi connectivity index (χ2v) is 9.34. The van der Waals surface area contributed by atoms with E-state index in [9.17, 15) is 9.18 Å². The number of aromatic nitrogens is 2. The number of aryl methyl sites for hydroxylation is 1. The number of rotatable bonds is 7. The van der Waals surface area contributed by atoms with Crippen molar-refractivity contribution >= 4 is 34.2 Å². The van der Waals surface area contributed by atoms with Crippen molar-refractivity contribution in [3.8, 4) is 17.2 Å². The molecular formula is C27H26ClFN4O3. The van der Waals surface area contributed by atoms with Crippen LogP contribution in [0.25, 0.3) is 16.7 Å². The van der Waals surface area contributed by atoms with Crippen LogP contribution < -0.4 is 15.8 Å². The summed E-state index contributed by atoms with van der Waals surface area (Å²) in [5, 5.41) is 3.57. The molecule has 36 heavy (non-hydrogen) atoms. The molecule has 0 saturated carbocycles. The number of ether oxygens (including phenoxy) is 2. The lowest BCUT2D eigenvalue weighted by Crippen LogP contribution is -2.22. The molecule has 7 nitrogen and oxygen atoms in total. The maximum atomic E-state index is 14.0. The van der Waals surface area contributed by atoms with Crippen LogP contribution in [0.5, 0.6) is 11.5 Å². The van der Waals surface area contributed by atoms with Crippen molar-refractivity contribution in [3.05, 3.63) is 76.8 Å². The number of halogens is 2. The maximum absolute atomic E-state index is 14.0. The van der Waals surface area contributed by atoms with Crippen molar-refractivity contribution in [1.29, 1.82) is 0 Å². The lowest BCUT2D eigenvalue weighted by molar-refractivity contribution is 0.0699. The summed E-state index contributed by atoms with van der Waals surface area (Å²) in [6, 6.07) is 13.5. The average Bonchev–Trinajstić information content (AvgIpc) is 3.29. The molecule has 0 radical (unpaired) electrons. The molecule has 2 heterocycles. The highest BCUT2D eigenvalue weighted by atomic mass is 35.5. The molecule has 1 aliphatic rings. The molecule has 1 aromatic heterocycles. The van der Waals surface area contributed by atoms with Crippen molar-refractivity contribution in [1.82, 2.24) is 9.55 Å². The van der Waals surface area contributed by atoms with E-state index in [1.807, 2.05) is 35.8 Å². The molecule has 4 aromatic rings. The highest BCUT2D eigenvalue weighted by Crippen LogP contribution is 2.34. The third-order valence-electron chi connectivity index (χ3n) is 6.43. The predicted molar refractivity (Wildman–Crippen MR) is 138 cm³/mol. The molecule has 5 rings (SSSR count). The van der Waals surface area contributed by atoms with Crippen molar-refractivity contribution < 1.29 is 18.7 Å². The van der Waals surface area contributed by atoms with Crippen LogP contribution in [0.1, 0.15) is 28.8 Å².